The Morgan fingerprint density at radius 1 is 1.21 bits per heavy atom. The van der Waals surface area contributed by atoms with E-state index in [1.165, 1.54) is 11.3 Å². The van der Waals surface area contributed by atoms with E-state index >= 15 is 0 Å². The van der Waals surface area contributed by atoms with Crippen LogP contribution in [0.5, 0.6) is 0 Å². The van der Waals surface area contributed by atoms with E-state index in [4.69, 9.17) is 11.6 Å². The molecule has 4 rings (SSSR count). The third kappa shape index (κ3) is 2.73. The monoisotopic (exact) mass is 382 g/mol. The number of benzene rings is 1. The number of hydrogen-bond donors (Lipinski definition) is 0. The van der Waals surface area contributed by atoms with Gasteiger partial charge in [0.1, 0.15) is 9.73 Å². The second-order valence-corrected chi connectivity index (χ2v) is 9.28. The Kier molecular flexibility index (Phi) is 4.07. The minimum atomic E-state index is -3.37. The molecule has 9 heteroatoms. The van der Waals surface area contributed by atoms with Crippen molar-refractivity contribution in [3.63, 3.8) is 0 Å². The summed E-state index contributed by atoms with van der Waals surface area (Å²) < 4.78 is 29.0. The van der Waals surface area contributed by atoms with Crippen LogP contribution in [0.2, 0.25) is 5.02 Å². The summed E-state index contributed by atoms with van der Waals surface area (Å²) >= 11 is 7.24. The molecule has 1 fully saturated rings. The average molecular weight is 383 g/mol. The first-order valence-electron chi connectivity index (χ1n) is 7.60. The number of rotatable bonds is 3. The van der Waals surface area contributed by atoms with Gasteiger partial charge in [-0.2, -0.15) is 4.31 Å². The van der Waals surface area contributed by atoms with Crippen LogP contribution in [0.15, 0.2) is 39.9 Å². The van der Waals surface area contributed by atoms with Gasteiger partial charge in [-0.3, -0.25) is 0 Å². The number of halogens is 1. The SMILES string of the molecule is O=S(=O)(c1cccs1)N1CCC(n2nnc3cc(Cl)ccc32)CC1. The maximum absolute atomic E-state index is 12.6. The normalized spacial score (nSPS) is 17.5. The largest absolute Gasteiger partial charge is 0.252 e. The van der Waals surface area contributed by atoms with Gasteiger partial charge in [0.2, 0.25) is 0 Å². The van der Waals surface area contributed by atoms with Gasteiger partial charge in [-0.05, 0) is 42.5 Å². The minimum Gasteiger partial charge on any atom is -0.242 e. The van der Waals surface area contributed by atoms with Crippen LogP contribution >= 0.6 is 22.9 Å². The van der Waals surface area contributed by atoms with Crippen LogP contribution in [0.4, 0.5) is 0 Å². The fraction of sp³-hybridized carbons (Fsp3) is 0.333. The van der Waals surface area contributed by atoms with Crippen molar-refractivity contribution < 1.29 is 8.42 Å². The predicted octanol–water partition coefficient (Wildman–Crippen LogP) is 3.17. The quantitative estimate of drug-likeness (QED) is 0.697. The molecule has 0 radical (unpaired) electrons. The Bertz CT molecular complexity index is 961. The Balaban J connectivity index is 1.54. The standard InChI is InChI=1S/C15H15ClN4O2S2/c16-11-3-4-14-13(10-11)17-18-20(14)12-5-7-19(8-6-12)24(21,22)15-2-1-9-23-15/h1-4,9-10,12H,5-8H2. The highest BCUT2D eigenvalue weighted by Crippen LogP contribution is 2.30. The lowest BCUT2D eigenvalue weighted by Crippen LogP contribution is -2.38. The lowest BCUT2D eigenvalue weighted by molar-refractivity contribution is 0.263. The minimum absolute atomic E-state index is 0.144. The molecule has 1 saturated heterocycles. The lowest BCUT2D eigenvalue weighted by atomic mass is 10.1. The smallest absolute Gasteiger partial charge is 0.242 e. The van der Waals surface area contributed by atoms with Crippen LogP contribution in [0.3, 0.4) is 0 Å². The predicted molar refractivity (Wildman–Crippen MR) is 93.9 cm³/mol. The Morgan fingerprint density at radius 3 is 2.71 bits per heavy atom. The zero-order valence-corrected chi connectivity index (χ0v) is 15.1. The number of fused-ring (bicyclic) bond motifs is 1. The van der Waals surface area contributed by atoms with Crippen molar-refractivity contribution in [3.8, 4) is 0 Å². The van der Waals surface area contributed by atoms with E-state index in [0.29, 0.717) is 35.2 Å². The molecule has 0 aliphatic carbocycles. The second-order valence-electron chi connectivity index (χ2n) is 5.73. The van der Waals surface area contributed by atoms with Gasteiger partial charge in [-0.15, -0.1) is 16.4 Å². The molecule has 1 aromatic carbocycles. The zero-order valence-electron chi connectivity index (χ0n) is 12.7. The van der Waals surface area contributed by atoms with Gasteiger partial charge in [0.05, 0.1) is 11.6 Å². The molecule has 0 amide bonds. The lowest BCUT2D eigenvalue weighted by Gasteiger charge is -2.30. The summed E-state index contributed by atoms with van der Waals surface area (Å²) in [5.41, 5.74) is 1.69. The molecule has 6 nitrogen and oxygen atoms in total. The number of nitrogens with zero attached hydrogens (tertiary/aromatic N) is 4. The van der Waals surface area contributed by atoms with Crippen molar-refractivity contribution in [2.75, 3.05) is 13.1 Å². The number of piperidine rings is 1. The van der Waals surface area contributed by atoms with Crippen molar-refractivity contribution >= 4 is 44.0 Å². The molecule has 0 atom stereocenters. The molecule has 1 aliphatic rings. The number of sulfonamides is 1. The topological polar surface area (TPSA) is 68.1 Å². The van der Waals surface area contributed by atoms with E-state index in [-0.39, 0.29) is 6.04 Å². The maximum atomic E-state index is 12.6. The van der Waals surface area contributed by atoms with Gasteiger partial charge in [0, 0.05) is 18.1 Å². The summed E-state index contributed by atoms with van der Waals surface area (Å²) in [6, 6.07) is 9.08. The van der Waals surface area contributed by atoms with E-state index in [9.17, 15) is 8.42 Å². The molecule has 0 saturated carbocycles. The Hall–Kier alpha value is -1.48. The first-order valence-corrected chi connectivity index (χ1v) is 10.3. The summed E-state index contributed by atoms with van der Waals surface area (Å²) in [6.45, 7) is 0.972. The van der Waals surface area contributed by atoms with Gasteiger partial charge in [0.25, 0.3) is 10.0 Å². The maximum Gasteiger partial charge on any atom is 0.252 e. The van der Waals surface area contributed by atoms with Crippen LogP contribution in [0, 0.1) is 0 Å². The molecule has 0 bridgehead atoms. The number of thiophene rings is 1. The highest BCUT2D eigenvalue weighted by atomic mass is 35.5. The van der Waals surface area contributed by atoms with Gasteiger partial charge in [0.15, 0.2) is 0 Å². The molecule has 0 unspecified atom stereocenters. The number of aromatic nitrogens is 3. The summed E-state index contributed by atoms with van der Waals surface area (Å²) in [7, 11) is -3.37. The van der Waals surface area contributed by atoms with Crippen molar-refractivity contribution in [1.29, 1.82) is 0 Å². The van der Waals surface area contributed by atoms with Crippen LogP contribution in [0.25, 0.3) is 11.0 Å². The van der Waals surface area contributed by atoms with E-state index in [1.54, 1.807) is 27.9 Å². The summed E-state index contributed by atoms with van der Waals surface area (Å²) in [5.74, 6) is 0. The molecule has 126 valence electrons. The Labute approximate surface area is 148 Å². The van der Waals surface area contributed by atoms with E-state index in [0.717, 1.165) is 11.0 Å². The fourth-order valence-corrected chi connectivity index (χ4v) is 5.83. The molecular formula is C15H15ClN4O2S2. The second kappa shape index (κ2) is 6.11. The molecule has 2 aromatic heterocycles. The first-order chi connectivity index (χ1) is 11.6. The molecular weight excluding hydrogens is 368 g/mol. The summed E-state index contributed by atoms with van der Waals surface area (Å²) in [4.78, 5) is 0. The van der Waals surface area contributed by atoms with Crippen molar-refractivity contribution in [3.05, 3.63) is 40.7 Å². The van der Waals surface area contributed by atoms with E-state index in [2.05, 4.69) is 10.3 Å². The molecule has 0 N–H and O–H groups in total. The van der Waals surface area contributed by atoms with Crippen LogP contribution in [0.1, 0.15) is 18.9 Å². The van der Waals surface area contributed by atoms with Gasteiger partial charge in [-0.25, -0.2) is 13.1 Å². The van der Waals surface area contributed by atoms with E-state index in [1.807, 2.05) is 16.8 Å². The zero-order chi connectivity index (χ0) is 16.7. The van der Waals surface area contributed by atoms with Gasteiger partial charge >= 0.3 is 0 Å². The van der Waals surface area contributed by atoms with Crippen LogP contribution < -0.4 is 0 Å². The molecule has 1 aliphatic heterocycles. The summed E-state index contributed by atoms with van der Waals surface area (Å²) in [5, 5.41) is 10.8. The first kappa shape index (κ1) is 16.0. The highest BCUT2D eigenvalue weighted by molar-refractivity contribution is 7.91. The number of hydrogen-bond acceptors (Lipinski definition) is 5. The molecule has 3 aromatic rings. The fourth-order valence-electron chi connectivity index (χ4n) is 3.05. The third-order valence-corrected chi connectivity index (χ3v) is 7.80. The average Bonchev–Trinajstić information content (AvgIpc) is 3.24. The van der Waals surface area contributed by atoms with Crippen molar-refractivity contribution in [1.82, 2.24) is 19.3 Å². The molecule has 3 heterocycles. The molecule has 0 spiro atoms. The van der Waals surface area contributed by atoms with Crippen LogP contribution in [-0.2, 0) is 10.0 Å². The van der Waals surface area contributed by atoms with Crippen molar-refractivity contribution in [2.24, 2.45) is 0 Å². The van der Waals surface area contributed by atoms with E-state index < -0.39 is 10.0 Å². The van der Waals surface area contributed by atoms with Gasteiger partial charge < -0.3 is 0 Å². The van der Waals surface area contributed by atoms with Gasteiger partial charge in [-0.1, -0.05) is 22.9 Å². The van der Waals surface area contributed by atoms with Crippen LogP contribution in [-0.4, -0.2) is 40.8 Å². The third-order valence-electron chi connectivity index (χ3n) is 4.29. The van der Waals surface area contributed by atoms with Crippen molar-refractivity contribution in [2.45, 2.75) is 23.1 Å². The summed E-state index contributed by atoms with van der Waals surface area (Å²) in [6.07, 6.45) is 1.43. The molecule has 24 heavy (non-hydrogen) atoms. The Morgan fingerprint density at radius 2 is 2.00 bits per heavy atom. The highest BCUT2D eigenvalue weighted by Gasteiger charge is 2.31.